The number of amides is 1. The zero-order chi connectivity index (χ0) is 21.9. The second-order valence-corrected chi connectivity index (χ2v) is 10.3. The molecular formula is C23H31N3O3S. The zero-order valence-corrected chi connectivity index (χ0v) is 19.0. The van der Waals surface area contributed by atoms with Crippen LogP contribution >= 0.6 is 0 Å². The van der Waals surface area contributed by atoms with Crippen LogP contribution in [0.2, 0.25) is 0 Å². The van der Waals surface area contributed by atoms with Gasteiger partial charge in [0.1, 0.15) is 0 Å². The van der Waals surface area contributed by atoms with Gasteiger partial charge in [0.2, 0.25) is 10.0 Å². The van der Waals surface area contributed by atoms with Crippen molar-refractivity contribution in [2.45, 2.75) is 33.2 Å². The molecule has 1 N–H and O–H groups in total. The van der Waals surface area contributed by atoms with E-state index in [0.717, 1.165) is 28.9 Å². The van der Waals surface area contributed by atoms with Crippen molar-refractivity contribution >= 4 is 21.6 Å². The first-order valence-electron chi connectivity index (χ1n) is 10.3. The van der Waals surface area contributed by atoms with Crippen LogP contribution in [0, 0.1) is 6.92 Å². The molecule has 1 heterocycles. The molecule has 162 valence electrons. The lowest BCUT2D eigenvalue weighted by Gasteiger charge is -2.33. The lowest BCUT2D eigenvalue weighted by atomic mass is 9.98. The summed E-state index contributed by atoms with van der Waals surface area (Å²) in [4.78, 5) is 15.0. The van der Waals surface area contributed by atoms with Crippen molar-refractivity contribution in [2.75, 3.05) is 37.8 Å². The van der Waals surface area contributed by atoms with Crippen LogP contribution in [0.3, 0.4) is 0 Å². The number of piperazine rings is 1. The number of rotatable bonds is 6. The van der Waals surface area contributed by atoms with Gasteiger partial charge in [-0.25, -0.2) is 8.42 Å². The van der Waals surface area contributed by atoms with E-state index in [1.807, 2.05) is 43.3 Å². The molecule has 0 spiro atoms. The SMILES string of the molecule is Cc1cccc(C(C)C)c1NC(=O)c1ccc(CN2CCN(S(C)(=O)=O)CC2)cc1. The molecule has 30 heavy (non-hydrogen) atoms. The molecule has 0 atom stereocenters. The number of benzene rings is 2. The van der Waals surface area contributed by atoms with Crippen molar-refractivity contribution in [1.29, 1.82) is 0 Å². The van der Waals surface area contributed by atoms with Gasteiger partial charge in [-0.2, -0.15) is 4.31 Å². The van der Waals surface area contributed by atoms with E-state index >= 15 is 0 Å². The van der Waals surface area contributed by atoms with Gasteiger partial charge in [0.05, 0.1) is 6.26 Å². The van der Waals surface area contributed by atoms with Crippen LogP contribution in [0.4, 0.5) is 5.69 Å². The van der Waals surface area contributed by atoms with Crippen molar-refractivity contribution < 1.29 is 13.2 Å². The number of anilines is 1. The molecule has 0 radical (unpaired) electrons. The smallest absolute Gasteiger partial charge is 0.255 e. The number of nitrogens with one attached hydrogen (secondary N) is 1. The van der Waals surface area contributed by atoms with Crippen LogP contribution in [0.25, 0.3) is 0 Å². The molecule has 1 saturated heterocycles. The molecule has 1 amide bonds. The van der Waals surface area contributed by atoms with Crippen molar-refractivity contribution in [1.82, 2.24) is 9.21 Å². The monoisotopic (exact) mass is 429 g/mol. The van der Waals surface area contributed by atoms with Gasteiger partial charge in [0.15, 0.2) is 0 Å². The molecule has 7 heteroatoms. The number of hydrogen-bond donors (Lipinski definition) is 1. The highest BCUT2D eigenvalue weighted by atomic mass is 32.2. The van der Waals surface area contributed by atoms with Crippen LogP contribution in [0.1, 0.15) is 46.8 Å². The van der Waals surface area contributed by atoms with Gasteiger partial charge < -0.3 is 5.32 Å². The van der Waals surface area contributed by atoms with Crippen LogP contribution < -0.4 is 5.32 Å². The number of para-hydroxylation sites is 1. The van der Waals surface area contributed by atoms with Crippen molar-refractivity contribution in [2.24, 2.45) is 0 Å². The fourth-order valence-corrected chi connectivity index (χ4v) is 4.59. The zero-order valence-electron chi connectivity index (χ0n) is 18.2. The second kappa shape index (κ2) is 9.29. The quantitative estimate of drug-likeness (QED) is 0.764. The van der Waals surface area contributed by atoms with E-state index in [9.17, 15) is 13.2 Å². The maximum absolute atomic E-state index is 12.8. The van der Waals surface area contributed by atoms with E-state index < -0.39 is 10.0 Å². The lowest BCUT2D eigenvalue weighted by Crippen LogP contribution is -2.47. The molecule has 1 aliphatic rings. The Bertz CT molecular complexity index is 993. The van der Waals surface area contributed by atoms with E-state index in [0.29, 0.717) is 37.7 Å². The number of hydrogen-bond acceptors (Lipinski definition) is 4. The normalized spacial score (nSPS) is 16.0. The maximum atomic E-state index is 12.8. The Balaban J connectivity index is 1.62. The Morgan fingerprint density at radius 1 is 1.03 bits per heavy atom. The van der Waals surface area contributed by atoms with Gasteiger partial charge in [0.25, 0.3) is 5.91 Å². The molecule has 0 aromatic heterocycles. The third-order valence-corrected chi connectivity index (χ3v) is 6.89. The molecule has 2 aromatic rings. The standard InChI is InChI=1S/C23H31N3O3S/c1-17(2)21-7-5-6-18(3)22(21)24-23(27)20-10-8-19(9-11-20)16-25-12-14-26(15-13-25)30(4,28)29/h5-11,17H,12-16H2,1-4H3,(H,24,27). The summed E-state index contributed by atoms with van der Waals surface area (Å²) < 4.78 is 24.8. The summed E-state index contributed by atoms with van der Waals surface area (Å²) in [6, 6.07) is 13.7. The third-order valence-electron chi connectivity index (χ3n) is 5.59. The van der Waals surface area contributed by atoms with Gasteiger partial charge in [-0.3, -0.25) is 9.69 Å². The fourth-order valence-electron chi connectivity index (χ4n) is 3.77. The predicted octanol–water partition coefficient (Wildman–Crippen LogP) is 3.45. The van der Waals surface area contributed by atoms with Gasteiger partial charge in [-0.05, 0) is 41.7 Å². The van der Waals surface area contributed by atoms with Gasteiger partial charge in [0, 0.05) is 44.0 Å². The van der Waals surface area contributed by atoms with E-state index in [1.54, 1.807) is 0 Å². The Labute approximate surface area is 179 Å². The van der Waals surface area contributed by atoms with Crippen molar-refractivity contribution in [3.8, 4) is 0 Å². The summed E-state index contributed by atoms with van der Waals surface area (Å²) in [5.41, 5.74) is 4.81. The highest BCUT2D eigenvalue weighted by Gasteiger charge is 2.23. The summed E-state index contributed by atoms with van der Waals surface area (Å²) in [5.74, 6) is 0.213. The first-order chi connectivity index (χ1) is 14.1. The Morgan fingerprint density at radius 2 is 1.67 bits per heavy atom. The van der Waals surface area contributed by atoms with E-state index in [1.165, 1.54) is 10.6 Å². The first-order valence-corrected chi connectivity index (χ1v) is 12.2. The minimum Gasteiger partial charge on any atom is -0.321 e. The average Bonchev–Trinajstić information content (AvgIpc) is 2.69. The Kier molecular flexibility index (Phi) is 6.95. The molecule has 6 nitrogen and oxygen atoms in total. The Morgan fingerprint density at radius 3 is 2.23 bits per heavy atom. The summed E-state index contributed by atoms with van der Waals surface area (Å²) >= 11 is 0. The van der Waals surface area contributed by atoms with E-state index in [4.69, 9.17) is 0 Å². The molecule has 1 aliphatic heterocycles. The molecule has 0 saturated carbocycles. The van der Waals surface area contributed by atoms with Crippen LogP contribution in [-0.2, 0) is 16.6 Å². The topological polar surface area (TPSA) is 69.7 Å². The number of aryl methyl sites for hydroxylation is 1. The van der Waals surface area contributed by atoms with Gasteiger partial charge >= 0.3 is 0 Å². The van der Waals surface area contributed by atoms with Crippen LogP contribution in [0.5, 0.6) is 0 Å². The van der Waals surface area contributed by atoms with Gasteiger partial charge in [-0.1, -0.05) is 44.2 Å². The highest BCUT2D eigenvalue weighted by Crippen LogP contribution is 2.28. The van der Waals surface area contributed by atoms with Crippen molar-refractivity contribution in [3.63, 3.8) is 0 Å². The summed E-state index contributed by atoms with van der Waals surface area (Å²) in [7, 11) is -3.11. The first kappa shape index (κ1) is 22.5. The Hall–Kier alpha value is -2.22. The van der Waals surface area contributed by atoms with Crippen LogP contribution in [-0.4, -0.2) is 56.0 Å². The molecular weight excluding hydrogens is 398 g/mol. The number of carbonyl (C=O) groups excluding carboxylic acids is 1. The predicted molar refractivity (Wildman–Crippen MR) is 121 cm³/mol. The van der Waals surface area contributed by atoms with Crippen LogP contribution in [0.15, 0.2) is 42.5 Å². The summed E-state index contributed by atoms with van der Waals surface area (Å²) in [5, 5.41) is 3.08. The molecule has 0 aliphatic carbocycles. The number of sulfonamides is 1. The minimum atomic E-state index is -3.11. The number of nitrogens with zero attached hydrogens (tertiary/aromatic N) is 2. The second-order valence-electron chi connectivity index (χ2n) is 8.28. The molecule has 1 fully saturated rings. The fraction of sp³-hybridized carbons (Fsp3) is 0.435. The largest absolute Gasteiger partial charge is 0.321 e. The summed E-state index contributed by atoms with van der Waals surface area (Å²) in [6.07, 6.45) is 1.26. The van der Waals surface area contributed by atoms with Gasteiger partial charge in [-0.15, -0.1) is 0 Å². The van der Waals surface area contributed by atoms with Crippen molar-refractivity contribution in [3.05, 3.63) is 64.7 Å². The van der Waals surface area contributed by atoms with E-state index in [2.05, 4.69) is 30.1 Å². The molecule has 3 rings (SSSR count). The highest BCUT2D eigenvalue weighted by molar-refractivity contribution is 7.88. The minimum absolute atomic E-state index is 0.112. The lowest BCUT2D eigenvalue weighted by molar-refractivity contribution is 0.102. The molecule has 0 unspecified atom stereocenters. The third kappa shape index (κ3) is 5.47. The number of carbonyl (C=O) groups is 1. The average molecular weight is 430 g/mol. The molecule has 2 aromatic carbocycles. The summed E-state index contributed by atoms with van der Waals surface area (Å²) in [6.45, 7) is 9.45. The maximum Gasteiger partial charge on any atom is 0.255 e. The molecule has 0 bridgehead atoms. The van der Waals surface area contributed by atoms with E-state index in [-0.39, 0.29) is 5.91 Å².